The summed E-state index contributed by atoms with van der Waals surface area (Å²) in [6, 6.07) is 10.1. The van der Waals surface area contributed by atoms with Crippen molar-refractivity contribution in [2.75, 3.05) is 0 Å². The Morgan fingerprint density at radius 2 is 2.10 bits per heavy atom. The highest BCUT2D eigenvalue weighted by Gasteiger charge is 2.38. The van der Waals surface area contributed by atoms with E-state index in [4.69, 9.17) is 4.52 Å². The van der Waals surface area contributed by atoms with Gasteiger partial charge < -0.3 is 4.52 Å². The molecule has 1 atom stereocenters. The van der Waals surface area contributed by atoms with Gasteiger partial charge in [-0.25, -0.2) is 0 Å². The molecule has 0 spiro atoms. The van der Waals surface area contributed by atoms with E-state index in [0.717, 1.165) is 24.7 Å². The summed E-state index contributed by atoms with van der Waals surface area (Å²) in [5.41, 5.74) is 3.01. The van der Waals surface area contributed by atoms with Crippen LogP contribution in [0.5, 0.6) is 0 Å². The average molecular weight is 283 g/mol. The molecule has 2 aromatic rings. The number of fused-ring (bicyclic) bond motifs is 1. The number of hydrogen-bond donors (Lipinski definition) is 0. The van der Waals surface area contributed by atoms with E-state index in [1.807, 2.05) is 0 Å². The molecule has 2 aliphatic rings. The Morgan fingerprint density at radius 3 is 2.86 bits per heavy atom. The Kier molecular flexibility index (Phi) is 3.26. The molecule has 1 saturated carbocycles. The first-order valence-corrected chi connectivity index (χ1v) is 8.00. The summed E-state index contributed by atoms with van der Waals surface area (Å²) in [5.74, 6) is 1.58. The average Bonchev–Trinajstić information content (AvgIpc) is 3.11. The first-order chi connectivity index (χ1) is 10.3. The number of rotatable bonds is 5. The van der Waals surface area contributed by atoms with Gasteiger partial charge in [-0.3, -0.25) is 4.90 Å². The van der Waals surface area contributed by atoms with Crippen molar-refractivity contribution in [3.63, 3.8) is 0 Å². The van der Waals surface area contributed by atoms with Gasteiger partial charge in [0.05, 0.1) is 6.54 Å². The largest absolute Gasteiger partial charge is 0.338 e. The molecule has 1 aromatic heterocycles. The van der Waals surface area contributed by atoms with Crippen LogP contribution < -0.4 is 0 Å². The monoisotopic (exact) mass is 283 g/mol. The Labute approximate surface area is 125 Å². The highest BCUT2D eigenvalue weighted by molar-refractivity contribution is 5.34. The topological polar surface area (TPSA) is 42.2 Å². The van der Waals surface area contributed by atoms with E-state index in [2.05, 4.69) is 46.2 Å². The highest BCUT2D eigenvalue weighted by atomic mass is 16.5. The Morgan fingerprint density at radius 1 is 1.24 bits per heavy atom. The molecule has 21 heavy (non-hydrogen) atoms. The smallest absolute Gasteiger partial charge is 0.240 e. The summed E-state index contributed by atoms with van der Waals surface area (Å²) in [7, 11) is 0. The molecule has 0 saturated heterocycles. The fourth-order valence-electron chi connectivity index (χ4n) is 3.43. The molecule has 0 aliphatic heterocycles. The van der Waals surface area contributed by atoms with E-state index in [0.29, 0.717) is 12.1 Å². The van der Waals surface area contributed by atoms with E-state index >= 15 is 0 Å². The van der Waals surface area contributed by atoms with Crippen LogP contribution in [0.25, 0.3) is 0 Å². The zero-order valence-electron chi connectivity index (χ0n) is 12.5. The van der Waals surface area contributed by atoms with E-state index in [9.17, 15) is 0 Å². The van der Waals surface area contributed by atoms with Crippen LogP contribution in [-0.4, -0.2) is 21.1 Å². The molecule has 4 heteroatoms. The lowest BCUT2D eigenvalue weighted by molar-refractivity contribution is 0.154. The molecule has 0 unspecified atom stereocenters. The van der Waals surface area contributed by atoms with Crippen LogP contribution in [-0.2, 0) is 19.4 Å². The van der Waals surface area contributed by atoms with Gasteiger partial charge in [0, 0.05) is 18.5 Å². The summed E-state index contributed by atoms with van der Waals surface area (Å²) >= 11 is 0. The lowest BCUT2D eigenvalue weighted by Gasteiger charge is -2.28. The Hall–Kier alpha value is -1.68. The third-order valence-corrected chi connectivity index (χ3v) is 4.66. The van der Waals surface area contributed by atoms with Crippen LogP contribution in [0.3, 0.4) is 0 Å². The van der Waals surface area contributed by atoms with E-state index in [1.165, 1.54) is 36.8 Å². The van der Waals surface area contributed by atoms with Crippen molar-refractivity contribution in [2.45, 2.75) is 57.7 Å². The molecule has 1 fully saturated rings. The van der Waals surface area contributed by atoms with Crippen molar-refractivity contribution < 1.29 is 4.52 Å². The molecular weight excluding hydrogens is 262 g/mol. The van der Waals surface area contributed by atoms with Crippen molar-refractivity contribution in [2.24, 2.45) is 0 Å². The first-order valence-electron chi connectivity index (χ1n) is 8.00. The third-order valence-electron chi connectivity index (χ3n) is 4.66. The summed E-state index contributed by atoms with van der Waals surface area (Å²) in [6.45, 7) is 2.84. The molecule has 0 bridgehead atoms. The molecule has 2 aliphatic carbocycles. The second-order valence-electron chi connectivity index (χ2n) is 6.11. The van der Waals surface area contributed by atoms with E-state index < -0.39 is 0 Å². The molecule has 0 amide bonds. The molecule has 0 radical (unpaired) electrons. The van der Waals surface area contributed by atoms with Gasteiger partial charge >= 0.3 is 0 Å². The van der Waals surface area contributed by atoms with Crippen LogP contribution in [0.2, 0.25) is 0 Å². The fraction of sp³-hybridized carbons (Fsp3) is 0.529. The second kappa shape index (κ2) is 5.26. The lowest BCUT2D eigenvalue weighted by Crippen LogP contribution is -2.29. The minimum absolute atomic E-state index is 0.519. The minimum Gasteiger partial charge on any atom is -0.338 e. The Balaban J connectivity index is 1.58. The maximum atomic E-state index is 5.41. The quantitative estimate of drug-likeness (QED) is 0.844. The maximum Gasteiger partial charge on any atom is 0.240 e. The molecular formula is C17H21N3O. The number of hydrogen-bond acceptors (Lipinski definition) is 4. The lowest BCUT2D eigenvalue weighted by atomic mass is 10.1. The summed E-state index contributed by atoms with van der Waals surface area (Å²) < 4.78 is 5.41. The zero-order valence-corrected chi connectivity index (χ0v) is 12.5. The van der Waals surface area contributed by atoms with Crippen LogP contribution in [0, 0.1) is 0 Å². The van der Waals surface area contributed by atoms with Gasteiger partial charge in [-0.2, -0.15) is 4.98 Å². The number of benzene rings is 1. The zero-order chi connectivity index (χ0) is 14.2. The summed E-state index contributed by atoms with van der Waals surface area (Å²) in [6.07, 6.45) is 5.83. The third kappa shape index (κ3) is 2.48. The van der Waals surface area contributed by atoms with E-state index in [-0.39, 0.29) is 0 Å². The molecule has 1 heterocycles. The number of nitrogens with zero attached hydrogens (tertiary/aromatic N) is 3. The van der Waals surface area contributed by atoms with Gasteiger partial charge in [-0.1, -0.05) is 36.3 Å². The van der Waals surface area contributed by atoms with Crippen LogP contribution >= 0.6 is 0 Å². The second-order valence-corrected chi connectivity index (χ2v) is 6.11. The van der Waals surface area contributed by atoms with Crippen LogP contribution in [0.4, 0.5) is 0 Å². The van der Waals surface area contributed by atoms with Crippen LogP contribution in [0.1, 0.15) is 55.1 Å². The van der Waals surface area contributed by atoms with Gasteiger partial charge in [0.15, 0.2) is 5.82 Å². The van der Waals surface area contributed by atoms with Crippen molar-refractivity contribution >= 4 is 0 Å². The van der Waals surface area contributed by atoms with Crippen molar-refractivity contribution in [3.05, 3.63) is 47.1 Å². The fourth-order valence-corrected chi connectivity index (χ4v) is 3.43. The van der Waals surface area contributed by atoms with Crippen LogP contribution in [0.15, 0.2) is 28.8 Å². The molecule has 4 nitrogen and oxygen atoms in total. The van der Waals surface area contributed by atoms with Crippen molar-refractivity contribution in [3.8, 4) is 0 Å². The number of aromatic nitrogens is 2. The SMILES string of the molecule is CCc1noc(CN(C2CC2)[C@H]2CCc3ccccc32)n1. The molecule has 0 N–H and O–H groups in total. The van der Waals surface area contributed by atoms with Gasteiger partial charge in [0.2, 0.25) is 5.89 Å². The van der Waals surface area contributed by atoms with Crippen molar-refractivity contribution in [1.82, 2.24) is 15.0 Å². The van der Waals surface area contributed by atoms with Gasteiger partial charge in [-0.15, -0.1) is 0 Å². The standard InChI is InChI=1S/C17H21N3O/c1-2-16-18-17(21-19-16)11-20(13-8-9-13)15-10-7-12-5-3-4-6-14(12)15/h3-6,13,15H,2,7-11H2,1H3/t15-/m0/s1. The molecule has 4 rings (SSSR count). The first kappa shape index (κ1) is 13.0. The van der Waals surface area contributed by atoms with E-state index in [1.54, 1.807) is 0 Å². The normalized spacial score (nSPS) is 21.0. The Bertz CT molecular complexity index is 632. The van der Waals surface area contributed by atoms with Gasteiger partial charge in [-0.05, 0) is 36.8 Å². The van der Waals surface area contributed by atoms with Gasteiger partial charge in [0.25, 0.3) is 0 Å². The van der Waals surface area contributed by atoms with Crippen molar-refractivity contribution in [1.29, 1.82) is 0 Å². The predicted molar refractivity (Wildman–Crippen MR) is 79.7 cm³/mol. The highest BCUT2D eigenvalue weighted by Crippen LogP contribution is 2.42. The maximum absolute atomic E-state index is 5.41. The molecule has 110 valence electrons. The molecule has 1 aromatic carbocycles. The summed E-state index contributed by atoms with van der Waals surface area (Å²) in [4.78, 5) is 7.07. The summed E-state index contributed by atoms with van der Waals surface area (Å²) in [5, 5.41) is 4.03. The minimum atomic E-state index is 0.519. The predicted octanol–water partition coefficient (Wildman–Crippen LogP) is 3.28. The number of aryl methyl sites for hydroxylation is 2. The van der Waals surface area contributed by atoms with Gasteiger partial charge in [0.1, 0.15) is 0 Å².